The Balaban J connectivity index is 2.15. The number of carbonyl (C=O) groups excluding carboxylic acids is 2. The van der Waals surface area contributed by atoms with Gasteiger partial charge in [-0.05, 0) is 30.7 Å². The van der Waals surface area contributed by atoms with E-state index in [1.165, 1.54) is 0 Å². The van der Waals surface area contributed by atoms with Crippen LogP contribution in [-0.4, -0.2) is 11.6 Å². The lowest BCUT2D eigenvalue weighted by atomic mass is 9.82. The summed E-state index contributed by atoms with van der Waals surface area (Å²) in [4.78, 5) is 25.6. The molecule has 0 bridgehead atoms. The number of hydrogen-bond donors (Lipinski definition) is 0. The smallest absolute Gasteiger partial charge is 0.198 e. The van der Waals surface area contributed by atoms with Gasteiger partial charge in [-0.3, -0.25) is 9.59 Å². The van der Waals surface area contributed by atoms with Gasteiger partial charge in [-0.25, -0.2) is 0 Å². The summed E-state index contributed by atoms with van der Waals surface area (Å²) in [6.45, 7) is 3.45. The molecule has 0 N–H and O–H groups in total. The Morgan fingerprint density at radius 3 is 2.19 bits per heavy atom. The lowest BCUT2D eigenvalue weighted by Gasteiger charge is -2.16. The standard InChI is InChI=1S/C18H12O3/c1-9-14-15(10(2)21-9)18(20)16-12-6-4-3-5-11(12)7-8-13(16)17(14)19/h3-8H,1-2H3. The topological polar surface area (TPSA) is 47.3 Å². The van der Waals surface area contributed by atoms with E-state index in [2.05, 4.69) is 0 Å². The molecule has 0 fully saturated rings. The van der Waals surface area contributed by atoms with E-state index in [4.69, 9.17) is 4.42 Å². The van der Waals surface area contributed by atoms with Gasteiger partial charge in [-0.15, -0.1) is 0 Å². The third kappa shape index (κ3) is 1.43. The van der Waals surface area contributed by atoms with E-state index in [1.54, 1.807) is 19.9 Å². The minimum Gasteiger partial charge on any atom is -0.465 e. The van der Waals surface area contributed by atoms with E-state index in [-0.39, 0.29) is 11.6 Å². The van der Waals surface area contributed by atoms with Gasteiger partial charge in [0.05, 0.1) is 11.1 Å². The van der Waals surface area contributed by atoms with E-state index >= 15 is 0 Å². The summed E-state index contributed by atoms with van der Waals surface area (Å²) in [6.07, 6.45) is 0. The van der Waals surface area contributed by atoms with Crippen molar-refractivity contribution in [2.45, 2.75) is 13.8 Å². The molecule has 1 aliphatic carbocycles. The number of carbonyl (C=O) groups is 2. The minimum absolute atomic E-state index is 0.120. The summed E-state index contributed by atoms with van der Waals surface area (Å²) in [5, 5.41) is 1.77. The lowest BCUT2D eigenvalue weighted by Crippen LogP contribution is -2.21. The summed E-state index contributed by atoms with van der Waals surface area (Å²) in [5.74, 6) is 0.782. The highest BCUT2D eigenvalue weighted by Crippen LogP contribution is 2.36. The fourth-order valence-corrected chi connectivity index (χ4v) is 3.20. The van der Waals surface area contributed by atoms with Gasteiger partial charge in [0.15, 0.2) is 11.6 Å². The molecule has 0 unspecified atom stereocenters. The molecule has 3 nitrogen and oxygen atoms in total. The van der Waals surface area contributed by atoms with Crippen molar-refractivity contribution in [3.05, 3.63) is 70.2 Å². The third-order valence-electron chi connectivity index (χ3n) is 4.12. The van der Waals surface area contributed by atoms with E-state index in [0.29, 0.717) is 33.8 Å². The Morgan fingerprint density at radius 1 is 0.762 bits per heavy atom. The van der Waals surface area contributed by atoms with E-state index < -0.39 is 0 Å². The van der Waals surface area contributed by atoms with Crippen LogP contribution in [0.2, 0.25) is 0 Å². The summed E-state index contributed by atoms with van der Waals surface area (Å²) in [7, 11) is 0. The first-order valence-corrected chi connectivity index (χ1v) is 6.80. The number of furan rings is 1. The van der Waals surface area contributed by atoms with E-state index in [0.717, 1.165) is 10.8 Å². The fraction of sp³-hybridized carbons (Fsp3) is 0.111. The van der Waals surface area contributed by atoms with Crippen molar-refractivity contribution in [3.63, 3.8) is 0 Å². The van der Waals surface area contributed by atoms with Gasteiger partial charge in [0.25, 0.3) is 0 Å². The number of rotatable bonds is 0. The van der Waals surface area contributed by atoms with Gasteiger partial charge < -0.3 is 4.42 Å². The van der Waals surface area contributed by atoms with Crippen molar-refractivity contribution in [1.82, 2.24) is 0 Å². The van der Waals surface area contributed by atoms with Crippen LogP contribution in [-0.2, 0) is 0 Å². The minimum atomic E-state index is -0.125. The van der Waals surface area contributed by atoms with Gasteiger partial charge in [-0.1, -0.05) is 30.3 Å². The summed E-state index contributed by atoms with van der Waals surface area (Å²) >= 11 is 0. The molecule has 0 saturated heterocycles. The number of ketones is 2. The number of benzene rings is 2. The molecule has 1 aromatic heterocycles. The Kier molecular flexibility index (Phi) is 2.25. The van der Waals surface area contributed by atoms with Gasteiger partial charge in [0, 0.05) is 11.1 Å². The first-order chi connectivity index (χ1) is 10.1. The summed E-state index contributed by atoms with van der Waals surface area (Å²) in [5.41, 5.74) is 1.80. The highest BCUT2D eigenvalue weighted by atomic mass is 16.3. The number of aryl methyl sites for hydroxylation is 2. The molecule has 1 heterocycles. The lowest BCUT2D eigenvalue weighted by molar-refractivity contribution is 0.0980. The predicted molar refractivity (Wildman–Crippen MR) is 79.0 cm³/mol. The van der Waals surface area contributed by atoms with Crippen molar-refractivity contribution in [1.29, 1.82) is 0 Å². The Bertz CT molecular complexity index is 944. The second-order valence-electron chi connectivity index (χ2n) is 5.33. The van der Waals surface area contributed by atoms with Gasteiger partial charge in [-0.2, -0.15) is 0 Å². The van der Waals surface area contributed by atoms with Gasteiger partial charge in [0.1, 0.15) is 11.5 Å². The van der Waals surface area contributed by atoms with Crippen LogP contribution in [0.25, 0.3) is 10.8 Å². The second-order valence-corrected chi connectivity index (χ2v) is 5.33. The Morgan fingerprint density at radius 2 is 1.43 bits per heavy atom. The molecular formula is C18H12O3. The van der Waals surface area contributed by atoms with Crippen LogP contribution >= 0.6 is 0 Å². The van der Waals surface area contributed by atoms with Crippen molar-refractivity contribution in [2.24, 2.45) is 0 Å². The molecule has 21 heavy (non-hydrogen) atoms. The molecule has 1 aliphatic rings. The molecule has 0 aliphatic heterocycles. The van der Waals surface area contributed by atoms with Crippen LogP contribution in [0.5, 0.6) is 0 Å². The molecule has 0 saturated carbocycles. The zero-order chi connectivity index (χ0) is 14.7. The zero-order valence-electron chi connectivity index (χ0n) is 11.7. The van der Waals surface area contributed by atoms with Crippen LogP contribution < -0.4 is 0 Å². The fourth-order valence-electron chi connectivity index (χ4n) is 3.20. The molecule has 0 radical (unpaired) electrons. The SMILES string of the molecule is Cc1oc(C)c2c1C(=O)c1ccc3ccccc3c1C2=O. The molecule has 3 aromatic rings. The quantitative estimate of drug-likeness (QED) is 0.490. The maximum Gasteiger partial charge on any atom is 0.198 e. The number of hydrogen-bond acceptors (Lipinski definition) is 3. The van der Waals surface area contributed by atoms with Crippen molar-refractivity contribution in [2.75, 3.05) is 0 Å². The Labute approximate surface area is 121 Å². The van der Waals surface area contributed by atoms with Gasteiger partial charge in [0.2, 0.25) is 0 Å². The maximum absolute atomic E-state index is 12.9. The monoisotopic (exact) mass is 276 g/mol. The molecule has 102 valence electrons. The van der Waals surface area contributed by atoms with Crippen LogP contribution in [0.3, 0.4) is 0 Å². The first-order valence-electron chi connectivity index (χ1n) is 6.80. The van der Waals surface area contributed by atoms with Crippen molar-refractivity contribution >= 4 is 22.3 Å². The number of fused-ring (bicyclic) bond motifs is 4. The first kappa shape index (κ1) is 12.1. The second kappa shape index (κ2) is 3.92. The third-order valence-corrected chi connectivity index (χ3v) is 4.12. The van der Waals surface area contributed by atoms with E-state index in [9.17, 15) is 9.59 Å². The predicted octanol–water partition coefficient (Wildman–Crippen LogP) is 3.83. The molecule has 0 amide bonds. The molecule has 0 spiro atoms. The van der Waals surface area contributed by atoms with Crippen LogP contribution in [0.4, 0.5) is 0 Å². The zero-order valence-corrected chi connectivity index (χ0v) is 11.7. The van der Waals surface area contributed by atoms with E-state index in [1.807, 2.05) is 30.3 Å². The summed E-state index contributed by atoms with van der Waals surface area (Å²) in [6, 6.07) is 11.2. The largest absolute Gasteiger partial charge is 0.465 e. The molecular weight excluding hydrogens is 264 g/mol. The highest BCUT2D eigenvalue weighted by Gasteiger charge is 2.36. The maximum atomic E-state index is 12.9. The van der Waals surface area contributed by atoms with Crippen LogP contribution in [0.1, 0.15) is 43.4 Å². The van der Waals surface area contributed by atoms with Crippen LogP contribution in [0.15, 0.2) is 40.8 Å². The van der Waals surface area contributed by atoms with Crippen molar-refractivity contribution < 1.29 is 14.0 Å². The normalized spacial score (nSPS) is 13.4. The molecule has 0 atom stereocenters. The van der Waals surface area contributed by atoms with Gasteiger partial charge >= 0.3 is 0 Å². The molecule has 2 aromatic carbocycles. The average Bonchev–Trinajstić information content (AvgIpc) is 2.79. The van der Waals surface area contributed by atoms with Crippen molar-refractivity contribution in [3.8, 4) is 0 Å². The highest BCUT2D eigenvalue weighted by molar-refractivity contribution is 6.32. The Hall–Kier alpha value is -2.68. The average molecular weight is 276 g/mol. The molecule has 3 heteroatoms. The molecule has 4 rings (SSSR count). The summed E-state index contributed by atoms with van der Waals surface area (Å²) < 4.78 is 5.51. The van der Waals surface area contributed by atoms with Crippen LogP contribution in [0, 0.1) is 13.8 Å².